The Hall–Kier alpha value is -1.65. The highest BCUT2D eigenvalue weighted by Crippen LogP contribution is 2.52. The molecule has 3 aliphatic rings. The average Bonchev–Trinajstić information content (AvgIpc) is 3.08. The molecule has 1 N–H and O–H groups in total. The number of likely N-dealkylation sites (tertiary alicyclic amines) is 1. The quantitative estimate of drug-likeness (QED) is 0.623. The van der Waals surface area contributed by atoms with Crippen molar-refractivity contribution in [2.75, 3.05) is 6.54 Å². The molecule has 0 aromatic heterocycles. The van der Waals surface area contributed by atoms with E-state index in [1.54, 1.807) is 0 Å². The van der Waals surface area contributed by atoms with Gasteiger partial charge in [-0.3, -0.25) is 19.3 Å². The summed E-state index contributed by atoms with van der Waals surface area (Å²) in [6.45, 7) is 5.70. The van der Waals surface area contributed by atoms with Crippen LogP contribution in [-0.2, 0) is 14.4 Å². The third-order valence-electron chi connectivity index (χ3n) is 5.23. The van der Waals surface area contributed by atoms with Crippen LogP contribution in [0.3, 0.4) is 0 Å². The summed E-state index contributed by atoms with van der Waals surface area (Å²) in [6.07, 6.45) is 5.82. The average molecular weight is 290 g/mol. The summed E-state index contributed by atoms with van der Waals surface area (Å²) in [6, 6.07) is 0. The number of allylic oxidation sites excluding steroid dienone is 2. The Balaban J connectivity index is 1.69. The number of nitrogens with zero attached hydrogens (tertiary/aromatic N) is 1. The summed E-state index contributed by atoms with van der Waals surface area (Å²) in [4.78, 5) is 38.2. The number of nitrogens with one attached hydrogen (secondary N) is 1. The van der Waals surface area contributed by atoms with E-state index in [0.717, 1.165) is 12.8 Å². The van der Waals surface area contributed by atoms with E-state index < -0.39 is 0 Å². The van der Waals surface area contributed by atoms with Gasteiger partial charge in [0.05, 0.1) is 11.8 Å². The SMILES string of the molecule is CCC(C)(C)NC(=O)CN1C(=O)C2C3C=CC(C3)C2C1=O. The predicted octanol–water partition coefficient (Wildman–Crippen LogP) is 1.10. The van der Waals surface area contributed by atoms with Crippen molar-refractivity contribution in [2.45, 2.75) is 39.2 Å². The molecule has 4 unspecified atom stereocenters. The van der Waals surface area contributed by atoms with Gasteiger partial charge in [-0.2, -0.15) is 0 Å². The summed E-state index contributed by atoms with van der Waals surface area (Å²) in [5, 5.41) is 2.88. The van der Waals surface area contributed by atoms with Gasteiger partial charge in [0.1, 0.15) is 6.54 Å². The van der Waals surface area contributed by atoms with Gasteiger partial charge in [0, 0.05) is 5.54 Å². The fourth-order valence-electron chi connectivity index (χ4n) is 3.77. The van der Waals surface area contributed by atoms with Gasteiger partial charge in [-0.15, -0.1) is 0 Å². The summed E-state index contributed by atoms with van der Waals surface area (Å²) in [5.74, 6) is -0.645. The molecule has 114 valence electrons. The van der Waals surface area contributed by atoms with Crippen LogP contribution >= 0.6 is 0 Å². The molecule has 5 heteroatoms. The fraction of sp³-hybridized carbons (Fsp3) is 0.688. The highest BCUT2D eigenvalue weighted by Gasteiger charge is 2.59. The number of carbonyl (C=O) groups excluding carboxylic acids is 3. The Morgan fingerprint density at radius 1 is 1.24 bits per heavy atom. The minimum atomic E-state index is -0.320. The van der Waals surface area contributed by atoms with Gasteiger partial charge < -0.3 is 5.32 Å². The second-order valence-corrected chi connectivity index (χ2v) is 7.05. The lowest BCUT2D eigenvalue weighted by Crippen LogP contribution is -2.49. The molecular weight excluding hydrogens is 268 g/mol. The Bertz CT molecular complexity index is 508. The number of amides is 3. The molecule has 3 amide bonds. The molecule has 1 heterocycles. The van der Waals surface area contributed by atoms with Crippen LogP contribution in [0.15, 0.2) is 12.2 Å². The maximum absolute atomic E-state index is 12.4. The normalized spacial score (nSPS) is 33.8. The first-order valence-corrected chi connectivity index (χ1v) is 7.68. The Labute approximate surface area is 124 Å². The highest BCUT2D eigenvalue weighted by atomic mass is 16.2. The van der Waals surface area contributed by atoms with E-state index in [9.17, 15) is 14.4 Å². The van der Waals surface area contributed by atoms with E-state index >= 15 is 0 Å². The molecule has 2 fully saturated rings. The topological polar surface area (TPSA) is 66.5 Å². The maximum Gasteiger partial charge on any atom is 0.240 e. The molecule has 3 rings (SSSR count). The minimum Gasteiger partial charge on any atom is -0.350 e. The molecule has 21 heavy (non-hydrogen) atoms. The van der Waals surface area contributed by atoms with Crippen molar-refractivity contribution in [1.82, 2.24) is 10.2 Å². The zero-order valence-corrected chi connectivity index (χ0v) is 12.8. The summed E-state index contributed by atoms with van der Waals surface area (Å²) in [5.41, 5.74) is -0.320. The van der Waals surface area contributed by atoms with Crippen LogP contribution in [-0.4, -0.2) is 34.7 Å². The van der Waals surface area contributed by atoms with Gasteiger partial charge in [-0.1, -0.05) is 19.1 Å². The number of hydrogen-bond acceptors (Lipinski definition) is 3. The van der Waals surface area contributed by atoms with E-state index in [4.69, 9.17) is 0 Å². The van der Waals surface area contributed by atoms with E-state index in [2.05, 4.69) is 17.5 Å². The monoisotopic (exact) mass is 290 g/mol. The van der Waals surface area contributed by atoms with Gasteiger partial charge >= 0.3 is 0 Å². The van der Waals surface area contributed by atoms with Crippen molar-refractivity contribution in [2.24, 2.45) is 23.7 Å². The lowest BCUT2D eigenvalue weighted by molar-refractivity contribution is -0.144. The number of fused-ring (bicyclic) bond motifs is 5. The Morgan fingerprint density at radius 3 is 2.24 bits per heavy atom. The Morgan fingerprint density at radius 2 is 1.76 bits per heavy atom. The zero-order chi connectivity index (χ0) is 15.4. The molecule has 0 aromatic rings. The number of hydrogen-bond donors (Lipinski definition) is 1. The van der Waals surface area contributed by atoms with Crippen LogP contribution in [0.2, 0.25) is 0 Å². The predicted molar refractivity (Wildman–Crippen MR) is 76.9 cm³/mol. The van der Waals surface area contributed by atoms with E-state index in [0.29, 0.717) is 0 Å². The molecule has 4 atom stereocenters. The molecule has 0 aromatic carbocycles. The van der Waals surface area contributed by atoms with Crippen LogP contribution in [0, 0.1) is 23.7 Å². The highest BCUT2D eigenvalue weighted by molar-refractivity contribution is 6.08. The maximum atomic E-state index is 12.4. The first-order chi connectivity index (χ1) is 9.84. The van der Waals surface area contributed by atoms with Crippen molar-refractivity contribution < 1.29 is 14.4 Å². The van der Waals surface area contributed by atoms with Crippen LogP contribution in [0.1, 0.15) is 33.6 Å². The molecule has 0 radical (unpaired) electrons. The van der Waals surface area contributed by atoms with Crippen molar-refractivity contribution >= 4 is 17.7 Å². The summed E-state index contributed by atoms with van der Waals surface area (Å²) in [7, 11) is 0. The summed E-state index contributed by atoms with van der Waals surface area (Å²) >= 11 is 0. The smallest absolute Gasteiger partial charge is 0.240 e. The second-order valence-electron chi connectivity index (χ2n) is 7.05. The van der Waals surface area contributed by atoms with Crippen LogP contribution in [0.25, 0.3) is 0 Å². The van der Waals surface area contributed by atoms with Crippen molar-refractivity contribution in [1.29, 1.82) is 0 Å². The number of rotatable bonds is 4. The fourth-order valence-corrected chi connectivity index (χ4v) is 3.77. The van der Waals surface area contributed by atoms with E-state index in [1.807, 2.05) is 20.8 Å². The zero-order valence-electron chi connectivity index (χ0n) is 12.8. The van der Waals surface area contributed by atoms with Crippen molar-refractivity contribution in [3.63, 3.8) is 0 Å². The van der Waals surface area contributed by atoms with Crippen LogP contribution < -0.4 is 5.32 Å². The third-order valence-corrected chi connectivity index (χ3v) is 5.23. The number of carbonyl (C=O) groups is 3. The molecule has 1 aliphatic heterocycles. The largest absolute Gasteiger partial charge is 0.350 e. The standard InChI is InChI=1S/C16H22N2O3/c1-4-16(2,3)17-11(19)8-18-14(20)12-9-5-6-10(7-9)13(12)15(18)21/h5-6,9-10,12-13H,4,7-8H2,1-3H3,(H,17,19). The van der Waals surface area contributed by atoms with Gasteiger partial charge in [-0.25, -0.2) is 0 Å². The molecule has 1 saturated heterocycles. The summed E-state index contributed by atoms with van der Waals surface area (Å²) < 4.78 is 0. The first kappa shape index (κ1) is 14.3. The first-order valence-electron chi connectivity index (χ1n) is 7.68. The lowest BCUT2D eigenvalue weighted by Gasteiger charge is -2.26. The van der Waals surface area contributed by atoms with E-state index in [1.165, 1.54) is 4.90 Å². The van der Waals surface area contributed by atoms with E-state index in [-0.39, 0.29) is 53.5 Å². The second kappa shape index (κ2) is 4.68. The van der Waals surface area contributed by atoms with Gasteiger partial charge in [0.15, 0.2) is 0 Å². The minimum absolute atomic E-state index is 0.145. The molecule has 1 saturated carbocycles. The lowest BCUT2D eigenvalue weighted by atomic mass is 9.85. The van der Waals surface area contributed by atoms with Crippen LogP contribution in [0.5, 0.6) is 0 Å². The van der Waals surface area contributed by atoms with Gasteiger partial charge in [0.2, 0.25) is 17.7 Å². The van der Waals surface area contributed by atoms with Crippen molar-refractivity contribution in [3.8, 4) is 0 Å². The Kier molecular flexibility index (Phi) is 3.19. The third kappa shape index (κ3) is 2.19. The van der Waals surface area contributed by atoms with Crippen LogP contribution in [0.4, 0.5) is 0 Å². The number of imide groups is 1. The molecule has 2 bridgehead atoms. The molecule has 0 spiro atoms. The van der Waals surface area contributed by atoms with Gasteiger partial charge in [-0.05, 0) is 38.5 Å². The molecular formula is C16H22N2O3. The van der Waals surface area contributed by atoms with Crippen molar-refractivity contribution in [3.05, 3.63) is 12.2 Å². The molecule has 5 nitrogen and oxygen atoms in total. The molecule has 2 aliphatic carbocycles. The van der Waals surface area contributed by atoms with Gasteiger partial charge in [0.25, 0.3) is 0 Å².